The van der Waals surface area contributed by atoms with Crippen LogP contribution < -0.4 is 5.32 Å². The van der Waals surface area contributed by atoms with E-state index in [1.54, 1.807) is 0 Å². The van der Waals surface area contributed by atoms with Gasteiger partial charge in [0.2, 0.25) is 0 Å². The maximum Gasteiger partial charge on any atom is 0.0920 e. The number of nitrogens with one attached hydrogen (secondary N) is 1. The van der Waals surface area contributed by atoms with E-state index in [9.17, 15) is 0 Å². The zero-order valence-corrected chi connectivity index (χ0v) is 14.8. The summed E-state index contributed by atoms with van der Waals surface area (Å²) in [5, 5.41) is 8.43. The van der Waals surface area contributed by atoms with Crippen LogP contribution in [0.1, 0.15) is 23.2 Å². The number of hydrogen-bond acceptors (Lipinski definition) is 2. The van der Waals surface area contributed by atoms with Gasteiger partial charge in [0, 0.05) is 17.7 Å². The Morgan fingerprint density at radius 1 is 0.960 bits per heavy atom. The lowest BCUT2D eigenvalue weighted by molar-refractivity contribution is 0.734. The first-order valence-electron chi connectivity index (χ1n) is 8.87. The molecule has 0 bridgehead atoms. The van der Waals surface area contributed by atoms with Crippen LogP contribution in [0.2, 0.25) is 0 Å². The van der Waals surface area contributed by atoms with Gasteiger partial charge in [0.05, 0.1) is 17.1 Å². The Balaban J connectivity index is 1.96. The minimum atomic E-state index is 0.923. The fraction of sp³-hybridized carbons (Fsp3) is 0.227. The van der Waals surface area contributed by atoms with Gasteiger partial charge in [0.25, 0.3) is 0 Å². The summed E-state index contributed by atoms with van der Waals surface area (Å²) in [7, 11) is 0. The molecule has 0 fully saturated rings. The van der Waals surface area contributed by atoms with Crippen LogP contribution in [0.4, 0.5) is 0 Å². The average Bonchev–Trinajstić information content (AvgIpc) is 3.01. The number of aryl methyl sites for hydroxylation is 1. The molecule has 1 N–H and O–H groups in total. The maximum atomic E-state index is 5.04. The molecule has 2 heterocycles. The highest BCUT2D eigenvalue weighted by atomic mass is 15.3. The third-order valence-corrected chi connectivity index (χ3v) is 4.89. The summed E-state index contributed by atoms with van der Waals surface area (Å²) in [4.78, 5) is 0. The topological polar surface area (TPSA) is 29.9 Å². The van der Waals surface area contributed by atoms with Crippen molar-refractivity contribution in [2.45, 2.75) is 20.3 Å². The predicted molar refractivity (Wildman–Crippen MR) is 104 cm³/mol. The van der Waals surface area contributed by atoms with Crippen LogP contribution in [0.5, 0.6) is 0 Å². The summed E-state index contributed by atoms with van der Waals surface area (Å²) in [5.74, 6) is 0. The van der Waals surface area contributed by atoms with Crippen molar-refractivity contribution in [3.05, 3.63) is 77.5 Å². The van der Waals surface area contributed by atoms with Gasteiger partial charge in [-0.05, 0) is 50.1 Å². The fourth-order valence-electron chi connectivity index (χ4n) is 3.55. The van der Waals surface area contributed by atoms with Crippen LogP contribution in [0.15, 0.2) is 60.7 Å². The molecule has 2 aromatic carbocycles. The largest absolute Gasteiger partial charge is 0.313 e. The molecule has 0 saturated heterocycles. The highest BCUT2D eigenvalue weighted by Crippen LogP contribution is 2.34. The first-order valence-corrected chi connectivity index (χ1v) is 8.87. The lowest BCUT2D eigenvalue weighted by Gasteiger charge is -2.12. The zero-order valence-electron chi connectivity index (χ0n) is 14.8. The molecule has 3 aromatic rings. The molecule has 0 atom stereocenters. The van der Waals surface area contributed by atoms with Gasteiger partial charge in [-0.1, -0.05) is 48.5 Å². The van der Waals surface area contributed by atoms with Crippen molar-refractivity contribution >= 4 is 5.57 Å². The molecule has 126 valence electrons. The van der Waals surface area contributed by atoms with Crippen molar-refractivity contribution in [2.75, 3.05) is 13.1 Å². The quantitative estimate of drug-likeness (QED) is 0.765. The molecule has 1 aliphatic rings. The van der Waals surface area contributed by atoms with Crippen molar-refractivity contribution < 1.29 is 0 Å². The third kappa shape index (κ3) is 2.92. The van der Waals surface area contributed by atoms with Crippen LogP contribution in [-0.2, 0) is 0 Å². The molecule has 0 unspecified atom stereocenters. The third-order valence-electron chi connectivity index (χ3n) is 4.89. The van der Waals surface area contributed by atoms with Crippen LogP contribution in [0.3, 0.4) is 0 Å². The van der Waals surface area contributed by atoms with E-state index in [1.807, 2.05) is 6.07 Å². The van der Waals surface area contributed by atoms with Gasteiger partial charge in [0.1, 0.15) is 0 Å². The first-order chi connectivity index (χ1) is 12.3. The first kappa shape index (κ1) is 15.9. The molecule has 1 aliphatic heterocycles. The fourth-order valence-corrected chi connectivity index (χ4v) is 3.55. The average molecular weight is 329 g/mol. The Morgan fingerprint density at radius 2 is 1.72 bits per heavy atom. The highest BCUT2D eigenvalue weighted by molar-refractivity contribution is 5.77. The summed E-state index contributed by atoms with van der Waals surface area (Å²) in [6, 6.07) is 19.0. The van der Waals surface area contributed by atoms with Crippen molar-refractivity contribution in [3.63, 3.8) is 0 Å². The van der Waals surface area contributed by atoms with Crippen LogP contribution in [0.25, 0.3) is 22.5 Å². The Kier molecular flexibility index (Phi) is 4.24. The number of aromatic nitrogens is 2. The lowest BCUT2D eigenvalue weighted by atomic mass is 9.97. The number of para-hydroxylation sites is 1. The summed E-state index contributed by atoms with van der Waals surface area (Å²) in [6.07, 6.45) is 3.30. The van der Waals surface area contributed by atoms with Gasteiger partial charge in [-0.25, -0.2) is 4.68 Å². The van der Waals surface area contributed by atoms with E-state index in [0.29, 0.717) is 0 Å². The van der Waals surface area contributed by atoms with E-state index in [0.717, 1.165) is 30.9 Å². The van der Waals surface area contributed by atoms with Gasteiger partial charge in [-0.15, -0.1) is 0 Å². The van der Waals surface area contributed by atoms with E-state index < -0.39 is 0 Å². The summed E-state index contributed by atoms with van der Waals surface area (Å²) < 4.78 is 2.11. The normalized spacial score (nSPS) is 14.4. The molecule has 3 nitrogen and oxygen atoms in total. The van der Waals surface area contributed by atoms with Crippen molar-refractivity contribution in [1.82, 2.24) is 15.1 Å². The van der Waals surface area contributed by atoms with E-state index in [4.69, 9.17) is 5.10 Å². The molecule has 0 amide bonds. The van der Waals surface area contributed by atoms with Gasteiger partial charge < -0.3 is 5.32 Å². The highest BCUT2D eigenvalue weighted by Gasteiger charge is 2.21. The monoisotopic (exact) mass is 329 g/mol. The molecule has 1 aromatic heterocycles. The van der Waals surface area contributed by atoms with Crippen LogP contribution in [0, 0.1) is 13.8 Å². The summed E-state index contributed by atoms with van der Waals surface area (Å²) >= 11 is 0. The molecule has 0 aliphatic carbocycles. The minimum absolute atomic E-state index is 0.923. The lowest BCUT2D eigenvalue weighted by Crippen LogP contribution is -2.20. The maximum absolute atomic E-state index is 5.04. The van der Waals surface area contributed by atoms with Gasteiger partial charge in [-0.2, -0.15) is 5.10 Å². The zero-order chi connectivity index (χ0) is 17.2. The Morgan fingerprint density at radius 3 is 2.44 bits per heavy atom. The smallest absolute Gasteiger partial charge is 0.0920 e. The molecular weight excluding hydrogens is 306 g/mol. The van der Waals surface area contributed by atoms with Crippen molar-refractivity contribution in [2.24, 2.45) is 0 Å². The van der Waals surface area contributed by atoms with Crippen molar-refractivity contribution in [3.8, 4) is 16.9 Å². The van der Waals surface area contributed by atoms with Crippen LogP contribution in [-0.4, -0.2) is 22.9 Å². The van der Waals surface area contributed by atoms with E-state index in [2.05, 4.69) is 78.5 Å². The number of benzene rings is 2. The Labute approximate surface area is 149 Å². The molecule has 0 saturated carbocycles. The van der Waals surface area contributed by atoms with Gasteiger partial charge >= 0.3 is 0 Å². The second kappa shape index (κ2) is 6.69. The molecular formula is C22H23N3. The summed E-state index contributed by atoms with van der Waals surface area (Å²) in [5.41, 5.74) is 8.55. The molecule has 0 radical (unpaired) electrons. The molecule has 0 spiro atoms. The SMILES string of the molecule is Cc1ccccc1-c1c(C)c(C2=CCNCC2)nn1-c1ccccc1. The number of rotatable bonds is 3. The van der Waals surface area contributed by atoms with Crippen LogP contribution >= 0.6 is 0 Å². The summed E-state index contributed by atoms with van der Waals surface area (Å²) in [6.45, 7) is 6.31. The van der Waals surface area contributed by atoms with Crippen molar-refractivity contribution in [1.29, 1.82) is 0 Å². The van der Waals surface area contributed by atoms with E-state index in [-0.39, 0.29) is 0 Å². The Bertz CT molecular complexity index is 920. The number of hydrogen-bond donors (Lipinski definition) is 1. The molecule has 4 rings (SSSR count). The predicted octanol–water partition coefficient (Wildman–Crippen LogP) is 4.53. The van der Waals surface area contributed by atoms with E-state index >= 15 is 0 Å². The van der Waals surface area contributed by atoms with Gasteiger partial charge in [0.15, 0.2) is 0 Å². The standard InChI is InChI=1S/C22H23N3/c1-16-8-6-7-11-20(16)22-17(2)21(18-12-14-23-15-13-18)24-25(22)19-9-4-3-5-10-19/h3-12,23H,13-15H2,1-2H3. The minimum Gasteiger partial charge on any atom is -0.313 e. The molecule has 25 heavy (non-hydrogen) atoms. The second-order valence-electron chi connectivity index (χ2n) is 6.57. The second-order valence-corrected chi connectivity index (χ2v) is 6.57. The molecule has 3 heteroatoms. The Hall–Kier alpha value is -2.65. The number of nitrogens with zero attached hydrogens (tertiary/aromatic N) is 2. The van der Waals surface area contributed by atoms with E-state index in [1.165, 1.54) is 28.0 Å². The van der Waals surface area contributed by atoms with Gasteiger partial charge in [-0.3, -0.25) is 0 Å².